The smallest absolute Gasteiger partial charge is 0.305 e. The minimum absolute atomic E-state index is 0.0940. The number of rotatable bonds is 8. The van der Waals surface area contributed by atoms with E-state index < -0.39 is 21.3 Å². The highest BCUT2D eigenvalue weighted by molar-refractivity contribution is 7.91. The first-order chi connectivity index (χ1) is 11.8. The molecule has 0 heterocycles. The second-order valence-corrected chi connectivity index (χ2v) is 8.82. The van der Waals surface area contributed by atoms with E-state index in [0.717, 1.165) is 19.3 Å². The van der Waals surface area contributed by atoms with Gasteiger partial charge in [0, 0.05) is 5.56 Å². The Morgan fingerprint density at radius 2 is 1.76 bits per heavy atom. The lowest BCUT2D eigenvalue weighted by Gasteiger charge is -2.28. The average Bonchev–Trinajstić information content (AvgIpc) is 3.00. The molecule has 1 aromatic rings. The molecule has 0 atom stereocenters. The predicted molar refractivity (Wildman–Crippen MR) is 94.3 cm³/mol. The number of nitrogens with one attached hydrogen (secondary N) is 1. The van der Waals surface area contributed by atoms with Crippen LogP contribution in [0.15, 0.2) is 29.2 Å². The van der Waals surface area contributed by atoms with Crippen LogP contribution in [0, 0.1) is 0 Å². The Morgan fingerprint density at radius 1 is 1.16 bits per heavy atom. The molecular formula is C18H25NO5S. The van der Waals surface area contributed by atoms with Crippen molar-refractivity contribution >= 4 is 21.7 Å². The number of aliphatic carboxylic acids is 1. The molecule has 7 heteroatoms. The van der Waals surface area contributed by atoms with Crippen LogP contribution in [0.25, 0.3) is 0 Å². The first-order valence-corrected chi connectivity index (χ1v) is 10.3. The van der Waals surface area contributed by atoms with Gasteiger partial charge >= 0.3 is 5.97 Å². The number of carboxylic acids is 1. The first kappa shape index (κ1) is 19.4. The van der Waals surface area contributed by atoms with Crippen molar-refractivity contribution in [3.8, 4) is 0 Å². The highest BCUT2D eigenvalue weighted by Gasteiger charge is 2.37. The minimum Gasteiger partial charge on any atom is -0.481 e. The summed E-state index contributed by atoms with van der Waals surface area (Å²) in [6, 6.07) is 5.85. The van der Waals surface area contributed by atoms with Crippen molar-refractivity contribution in [1.82, 2.24) is 5.32 Å². The molecule has 2 N–H and O–H groups in total. The Hall–Kier alpha value is -1.89. The van der Waals surface area contributed by atoms with Crippen LogP contribution in [0.2, 0.25) is 0 Å². The maximum Gasteiger partial charge on any atom is 0.305 e. The average molecular weight is 367 g/mol. The van der Waals surface area contributed by atoms with Crippen LogP contribution in [0.1, 0.15) is 62.2 Å². The second-order valence-electron chi connectivity index (χ2n) is 6.71. The van der Waals surface area contributed by atoms with Gasteiger partial charge in [-0.1, -0.05) is 26.2 Å². The third-order valence-corrected chi connectivity index (χ3v) is 6.49. The van der Waals surface area contributed by atoms with E-state index in [0.29, 0.717) is 24.8 Å². The number of carboxylic acid groups (broad SMARTS) is 1. The summed E-state index contributed by atoms with van der Waals surface area (Å²) in [7, 11) is -3.32. The topological polar surface area (TPSA) is 101 Å². The first-order valence-electron chi connectivity index (χ1n) is 8.65. The molecule has 1 saturated carbocycles. The SMILES string of the molecule is CCCCS(=O)(=O)c1ccc(C(=O)NC2(CC(=O)O)CCCC2)cc1. The van der Waals surface area contributed by atoms with E-state index in [1.807, 2.05) is 6.92 Å². The van der Waals surface area contributed by atoms with Crippen molar-refractivity contribution in [2.24, 2.45) is 0 Å². The number of unbranched alkanes of at least 4 members (excludes halogenated alkanes) is 1. The van der Waals surface area contributed by atoms with Gasteiger partial charge in [-0.2, -0.15) is 0 Å². The van der Waals surface area contributed by atoms with Crippen molar-refractivity contribution in [3.05, 3.63) is 29.8 Å². The summed E-state index contributed by atoms with van der Waals surface area (Å²) in [5, 5.41) is 12.0. The van der Waals surface area contributed by atoms with Gasteiger partial charge < -0.3 is 10.4 Å². The Kier molecular flexibility index (Phi) is 6.21. The fraction of sp³-hybridized carbons (Fsp3) is 0.556. The molecule has 1 aliphatic rings. The number of carbonyl (C=O) groups is 2. The molecule has 2 rings (SSSR count). The van der Waals surface area contributed by atoms with E-state index in [4.69, 9.17) is 5.11 Å². The van der Waals surface area contributed by atoms with Gasteiger partial charge in [-0.25, -0.2) is 8.42 Å². The number of hydrogen-bond acceptors (Lipinski definition) is 4. The molecule has 6 nitrogen and oxygen atoms in total. The van der Waals surface area contributed by atoms with Crippen LogP contribution >= 0.6 is 0 Å². The number of carbonyl (C=O) groups excluding carboxylic acids is 1. The molecule has 1 amide bonds. The molecular weight excluding hydrogens is 342 g/mol. The van der Waals surface area contributed by atoms with E-state index in [-0.39, 0.29) is 23.0 Å². The maximum absolute atomic E-state index is 12.5. The molecule has 0 spiro atoms. The van der Waals surface area contributed by atoms with Crippen LogP contribution in [0.3, 0.4) is 0 Å². The molecule has 1 fully saturated rings. The summed E-state index contributed by atoms with van der Waals surface area (Å²) in [6.45, 7) is 1.93. The van der Waals surface area contributed by atoms with Crippen LogP contribution in [0.5, 0.6) is 0 Å². The number of hydrogen-bond donors (Lipinski definition) is 2. The van der Waals surface area contributed by atoms with Crippen LogP contribution in [-0.2, 0) is 14.6 Å². The number of sulfone groups is 1. The molecule has 0 aromatic heterocycles. The van der Waals surface area contributed by atoms with Crippen molar-refractivity contribution in [2.75, 3.05) is 5.75 Å². The second kappa shape index (κ2) is 7.99. The van der Waals surface area contributed by atoms with Crippen LogP contribution < -0.4 is 5.32 Å². The zero-order chi connectivity index (χ0) is 18.5. The fourth-order valence-electron chi connectivity index (χ4n) is 3.27. The van der Waals surface area contributed by atoms with Gasteiger partial charge in [0.15, 0.2) is 9.84 Å². The van der Waals surface area contributed by atoms with Gasteiger partial charge in [0.1, 0.15) is 0 Å². The molecule has 25 heavy (non-hydrogen) atoms. The van der Waals surface area contributed by atoms with Gasteiger partial charge in [0.2, 0.25) is 0 Å². The normalized spacial score (nSPS) is 16.5. The van der Waals surface area contributed by atoms with E-state index in [9.17, 15) is 18.0 Å². The largest absolute Gasteiger partial charge is 0.481 e. The van der Waals surface area contributed by atoms with Gasteiger partial charge in [0.05, 0.1) is 22.6 Å². The third-order valence-electron chi connectivity index (χ3n) is 4.67. The van der Waals surface area contributed by atoms with E-state index in [2.05, 4.69) is 5.32 Å². The molecule has 0 bridgehead atoms. The molecule has 1 aliphatic carbocycles. The molecule has 138 valence electrons. The van der Waals surface area contributed by atoms with Crippen molar-refractivity contribution in [2.45, 2.75) is 62.3 Å². The summed E-state index contributed by atoms with van der Waals surface area (Å²) in [5.74, 6) is -1.20. The maximum atomic E-state index is 12.5. The molecule has 0 aliphatic heterocycles. The predicted octanol–water partition coefficient (Wildman–Crippen LogP) is 2.78. The molecule has 1 aromatic carbocycles. The summed E-state index contributed by atoms with van der Waals surface area (Å²) < 4.78 is 24.3. The monoisotopic (exact) mass is 367 g/mol. The van der Waals surface area contributed by atoms with E-state index in [1.165, 1.54) is 24.3 Å². The summed E-state index contributed by atoms with van der Waals surface area (Å²) in [5.41, 5.74) is -0.361. The Morgan fingerprint density at radius 3 is 2.28 bits per heavy atom. The van der Waals surface area contributed by atoms with Crippen molar-refractivity contribution in [1.29, 1.82) is 0 Å². The van der Waals surface area contributed by atoms with Crippen LogP contribution in [-0.4, -0.2) is 36.7 Å². The number of benzene rings is 1. The van der Waals surface area contributed by atoms with Gasteiger partial charge in [-0.15, -0.1) is 0 Å². The lowest BCUT2D eigenvalue weighted by molar-refractivity contribution is -0.138. The quantitative estimate of drug-likeness (QED) is 0.736. The standard InChI is InChI=1S/C18H25NO5S/c1-2-3-12-25(23,24)15-8-6-14(7-9-15)17(22)19-18(13-16(20)21)10-4-5-11-18/h6-9H,2-5,10-13H2,1H3,(H,19,22)(H,20,21). The lowest BCUT2D eigenvalue weighted by atomic mass is 9.92. The number of amides is 1. The molecule has 0 saturated heterocycles. The van der Waals surface area contributed by atoms with Gasteiger partial charge in [-0.3, -0.25) is 9.59 Å². The summed E-state index contributed by atoms with van der Waals surface area (Å²) >= 11 is 0. The van der Waals surface area contributed by atoms with E-state index >= 15 is 0 Å². The Balaban J connectivity index is 2.11. The van der Waals surface area contributed by atoms with Crippen LogP contribution in [0.4, 0.5) is 0 Å². The Bertz CT molecular complexity index is 718. The molecule has 0 radical (unpaired) electrons. The van der Waals surface area contributed by atoms with Crippen molar-refractivity contribution in [3.63, 3.8) is 0 Å². The summed E-state index contributed by atoms with van der Waals surface area (Å²) in [4.78, 5) is 23.8. The lowest BCUT2D eigenvalue weighted by Crippen LogP contribution is -2.47. The highest BCUT2D eigenvalue weighted by atomic mass is 32.2. The van der Waals surface area contributed by atoms with Gasteiger partial charge in [-0.05, 0) is 43.5 Å². The minimum atomic E-state index is -3.32. The Labute approximate surface area is 148 Å². The zero-order valence-corrected chi connectivity index (χ0v) is 15.3. The van der Waals surface area contributed by atoms with Gasteiger partial charge in [0.25, 0.3) is 5.91 Å². The summed E-state index contributed by atoms with van der Waals surface area (Å²) in [6.07, 6.45) is 4.38. The van der Waals surface area contributed by atoms with E-state index in [1.54, 1.807) is 0 Å². The fourth-order valence-corrected chi connectivity index (χ4v) is 4.72. The van der Waals surface area contributed by atoms with Crippen molar-refractivity contribution < 1.29 is 23.1 Å². The highest BCUT2D eigenvalue weighted by Crippen LogP contribution is 2.33. The third kappa shape index (κ3) is 5.04. The zero-order valence-electron chi connectivity index (χ0n) is 14.5. The molecule has 0 unspecified atom stereocenters.